The molecule has 0 N–H and O–H groups in total. The summed E-state index contributed by atoms with van der Waals surface area (Å²) < 4.78 is 24.3. The zero-order valence-electron chi connectivity index (χ0n) is 15.3. The van der Waals surface area contributed by atoms with E-state index >= 15 is 0 Å². The SMILES string of the molecule is CCOC(=O)CC1CCCCN1Cc1nc(-c2cccc(F)c2)oc1C. The number of benzene rings is 1. The Morgan fingerprint density at radius 1 is 1.42 bits per heavy atom. The van der Waals surface area contributed by atoms with Crippen LogP contribution in [0.2, 0.25) is 0 Å². The monoisotopic (exact) mass is 360 g/mol. The molecule has 0 amide bonds. The van der Waals surface area contributed by atoms with Crippen LogP contribution in [0.15, 0.2) is 28.7 Å². The lowest BCUT2D eigenvalue weighted by molar-refractivity contribution is -0.145. The number of hydrogen-bond acceptors (Lipinski definition) is 5. The second-order valence-corrected chi connectivity index (χ2v) is 6.66. The molecule has 0 aliphatic carbocycles. The van der Waals surface area contributed by atoms with E-state index in [1.807, 2.05) is 13.8 Å². The van der Waals surface area contributed by atoms with Crippen molar-refractivity contribution in [1.82, 2.24) is 9.88 Å². The van der Waals surface area contributed by atoms with Gasteiger partial charge in [-0.05, 0) is 51.4 Å². The fourth-order valence-corrected chi connectivity index (χ4v) is 3.42. The standard InChI is InChI=1S/C20H25FN2O3/c1-3-25-19(24)12-17-9-4-5-10-23(17)13-18-14(2)26-20(22-18)15-7-6-8-16(21)11-15/h6-8,11,17H,3-5,9-10,12-13H2,1-2H3. The van der Waals surface area contributed by atoms with Crippen molar-refractivity contribution >= 4 is 5.97 Å². The molecule has 1 aliphatic heterocycles. The fraction of sp³-hybridized carbons (Fsp3) is 0.500. The number of rotatable bonds is 6. The van der Waals surface area contributed by atoms with E-state index in [-0.39, 0.29) is 17.8 Å². The Morgan fingerprint density at radius 3 is 3.04 bits per heavy atom. The van der Waals surface area contributed by atoms with Crippen molar-refractivity contribution < 1.29 is 18.3 Å². The van der Waals surface area contributed by atoms with Gasteiger partial charge < -0.3 is 9.15 Å². The number of likely N-dealkylation sites (tertiary alicyclic amines) is 1. The molecule has 1 saturated heterocycles. The summed E-state index contributed by atoms with van der Waals surface area (Å²) in [7, 11) is 0. The molecule has 1 fully saturated rings. The molecular weight excluding hydrogens is 335 g/mol. The Morgan fingerprint density at radius 2 is 2.27 bits per heavy atom. The van der Waals surface area contributed by atoms with Crippen LogP contribution in [0.4, 0.5) is 4.39 Å². The Kier molecular flexibility index (Phi) is 6.04. The number of esters is 1. The maximum Gasteiger partial charge on any atom is 0.307 e. The predicted octanol–water partition coefficient (Wildman–Crippen LogP) is 4.10. The maximum absolute atomic E-state index is 13.4. The first-order chi connectivity index (χ1) is 12.6. The van der Waals surface area contributed by atoms with Crippen LogP contribution in [-0.2, 0) is 16.1 Å². The molecule has 0 bridgehead atoms. The minimum absolute atomic E-state index is 0.151. The van der Waals surface area contributed by atoms with Gasteiger partial charge in [-0.25, -0.2) is 9.37 Å². The van der Waals surface area contributed by atoms with Crippen LogP contribution >= 0.6 is 0 Å². The normalized spacial score (nSPS) is 18.0. The molecule has 0 radical (unpaired) electrons. The third kappa shape index (κ3) is 4.49. The van der Waals surface area contributed by atoms with Gasteiger partial charge in [-0.15, -0.1) is 0 Å². The number of piperidine rings is 1. The molecule has 5 nitrogen and oxygen atoms in total. The highest BCUT2D eigenvalue weighted by Crippen LogP contribution is 2.26. The van der Waals surface area contributed by atoms with Crippen molar-refractivity contribution in [2.24, 2.45) is 0 Å². The summed E-state index contributed by atoms with van der Waals surface area (Å²) in [6, 6.07) is 6.40. The van der Waals surface area contributed by atoms with Crippen LogP contribution < -0.4 is 0 Å². The lowest BCUT2D eigenvalue weighted by Crippen LogP contribution is -2.40. The van der Waals surface area contributed by atoms with Gasteiger partial charge >= 0.3 is 5.97 Å². The van der Waals surface area contributed by atoms with Crippen LogP contribution in [0.1, 0.15) is 44.1 Å². The van der Waals surface area contributed by atoms with Crippen molar-refractivity contribution in [2.45, 2.75) is 52.1 Å². The summed E-state index contributed by atoms with van der Waals surface area (Å²) in [5.41, 5.74) is 1.46. The quantitative estimate of drug-likeness (QED) is 0.726. The molecule has 0 saturated carbocycles. The highest BCUT2D eigenvalue weighted by atomic mass is 19.1. The van der Waals surface area contributed by atoms with Crippen LogP contribution in [0.3, 0.4) is 0 Å². The van der Waals surface area contributed by atoms with E-state index in [0.717, 1.165) is 37.3 Å². The van der Waals surface area contributed by atoms with Gasteiger partial charge in [0.15, 0.2) is 0 Å². The second kappa shape index (κ2) is 8.45. The van der Waals surface area contributed by atoms with Gasteiger partial charge in [-0.1, -0.05) is 12.5 Å². The third-order valence-electron chi connectivity index (χ3n) is 4.77. The van der Waals surface area contributed by atoms with Crippen molar-refractivity contribution in [3.05, 3.63) is 41.5 Å². The van der Waals surface area contributed by atoms with Crippen LogP contribution in [0.25, 0.3) is 11.5 Å². The van der Waals surface area contributed by atoms with E-state index in [0.29, 0.717) is 31.0 Å². The molecule has 2 aromatic rings. The topological polar surface area (TPSA) is 55.6 Å². The minimum atomic E-state index is -0.314. The summed E-state index contributed by atoms with van der Waals surface area (Å²) in [6.45, 7) is 5.64. The molecule has 3 rings (SSSR count). The van der Waals surface area contributed by atoms with E-state index in [4.69, 9.17) is 9.15 Å². The zero-order chi connectivity index (χ0) is 18.5. The predicted molar refractivity (Wildman–Crippen MR) is 95.9 cm³/mol. The summed E-state index contributed by atoms with van der Waals surface area (Å²) in [5, 5.41) is 0. The largest absolute Gasteiger partial charge is 0.466 e. The summed E-state index contributed by atoms with van der Waals surface area (Å²) >= 11 is 0. The first-order valence-electron chi connectivity index (χ1n) is 9.18. The third-order valence-corrected chi connectivity index (χ3v) is 4.77. The number of halogens is 1. The Hall–Kier alpha value is -2.21. The van der Waals surface area contributed by atoms with Crippen LogP contribution in [0.5, 0.6) is 0 Å². The van der Waals surface area contributed by atoms with Crippen molar-refractivity contribution in [2.75, 3.05) is 13.2 Å². The molecule has 6 heteroatoms. The number of ether oxygens (including phenoxy) is 1. The van der Waals surface area contributed by atoms with Gasteiger partial charge in [-0.2, -0.15) is 0 Å². The van der Waals surface area contributed by atoms with E-state index in [1.54, 1.807) is 12.1 Å². The van der Waals surface area contributed by atoms with Crippen LogP contribution in [-0.4, -0.2) is 35.0 Å². The van der Waals surface area contributed by atoms with Crippen molar-refractivity contribution in [3.63, 3.8) is 0 Å². The summed E-state index contributed by atoms with van der Waals surface area (Å²) in [5.74, 6) is 0.688. The Labute approximate surface area is 153 Å². The molecule has 1 atom stereocenters. The van der Waals surface area contributed by atoms with E-state index in [2.05, 4.69) is 9.88 Å². The maximum atomic E-state index is 13.4. The van der Waals surface area contributed by atoms with Crippen molar-refractivity contribution in [3.8, 4) is 11.5 Å². The average molecular weight is 360 g/mol. The lowest BCUT2D eigenvalue weighted by atomic mass is 9.99. The van der Waals surface area contributed by atoms with Gasteiger partial charge in [0.25, 0.3) is 0 Å². The van der Waals surface area contributed by atoms with Gasteiger partial charge in [0.05, 0.1) is 18.7 Å². The van der Waals surface area contributed by atoms with Gasteiger partial charge in [0, 0.05) is 18.2 Å². The molecule has 1 aromatic carbocycles. The fourth-order valence-electron chi connectivity index (χ4n) is 3.42. The average Bonchev–Trinajstić information content (AvgIpc) is 2.98. The zero-order valence-corrected chi connectivity index (χ0v) is 15.3. The van der Waals surface area contributed by atoms with E-state index in [9.17, 15) is 9.18 Å². The number of aryl methyl sites for hydroxylation is 1. The van der Waals surface area contributed by atoms with Crippen molar-refractivity contribution in [1.29, 1.82) is 0 Å². The second-order valence-electron chi connectivity index (χ2n) is 6.66. The lowest BCUT2D eigenvalue weighted by Gasteiger charge is -2.34. The number of oxazole rings is 1. The molecular formula is C20H25FN2O3. The molecule has 2 heterocycles. The number of nitrogens with zero attached hydrogens (tertiary/aromatic N) is 2. The highest BCUT2D eigenvalue weighted by molar-refractivity contribution is 5.70. The Bertz CT molecular complexity index is 759. The van der Waals surface area contributed by atoms with Gasteiger partial charge in [0.2, 0.25) is 5.89 Å². The molecule has 26 heavy (non-hydrogen) atoms. The van der Waals surface area contributed by atoms with Crippen LogP contribution in [0, 0.1) is 12.7 Å². The number of hydrogen-bond donors (Lipinski definition) is 0. The number of carbonyl (C=O) groups is 1. The molecule has 0 spiro atoms. The molecule has 1 unspecified atom stereocenters. The van der Waals surface area contributed by atoms with E-state index in [1.165, 1.54) is 12.1 Å². The smallest absolute Gasteiger partial charge is 0.307 e. The Balaban J connectivity index is 1.73. The summed E-state index contributed by atoms with van der Waals surface area (Å²) in [4.78, 5) is 18.7. The molecule has 1 aromatic heterocycles. The van der Waals surface area contributed by atoms with E-state index < -0.39 is 0 Å². The first-order valence-corrected chi connectivity index (χ1v) is 9.18. The summed E-state index contributed by atoms with van der Waals surface area (Å²) in [6.07, 6.45) is 3.61. The number of aromatic nitrogens is 1. The molecule has 1 aliphatic rings. The minimum Gasteiger partial charge on any atom is -0.466 e. The van der Waals surface area contributed by atoms with Gasteiger partial charge in [0.1, 0.15) is 11.6 Å². The number of carbonyl (C=O) groups excluding carboxylic acids is 1. The molecule has 140 valence electrons. The van der Waals surface area contributed by atoms with Gasteiger partial charge in [-0.3, -0.25) is 9.69 Å². The first kappa shape index (κ1) is 18.6. The highest BCUT2D eigenvalue weighted by Gasteiger charge is 2.27.